The average molecular weight is 459 g/mol. The van der Waals surface area contributed by atoms with Crippen LogP contribution < -0.4 is 10.6 Å². The second-order valence-electron chi connectivity index (χ2n) is 8.73. The van der Waals surface area contributed by atoms with Crippen LogP contribution in [0, 0.1) is 0 Å². The van der Waals surface area contributed by atoms with Gasteiger partial charge in [-0.1, -0.05) is 78.9 Å². The number of hydrogen-bond acceptors (Lipinski definition) is 4. The summed E-state index contributed by atoms with van der Waals surface area (Å²) in [6.07, 6.45) is -0.765. The first kappa shape index (κ1) is 23.0. The van der Waals surface area contributed by atoms with Crippen molar-refractivity contribution in [3.8, 4) is 11.1 Å². The van der Waals surface area contributed by atoms with Gasteiger partial charge in [0.1, 0.15) is 18.2 Å². The van der Waals surface area contributed by atoms with Gasteiger partial charge in [0.2, 0.25) is 5.91 Å². The highest BCUT2D eigenvalue weighted by Gasteiger charge is 2.34. The van der Waals surface area contributed by atoms with Crippen LogP contribution in [0.3, 0.4) is 0 Å². The van der Waals surface area contributed by atoms with Crippen molar-refractivity contribution in [2.24, 2.45) is 0 Å². The fourth-order valence-electron chi connectivity index (χ4n) is 4.14. The number of benzene rings is 3. The van der Waals surface area contributed by atoms with Crippen LogP contribution in [0.4, 0.5) is 4.79 Å². The molecule has 0 saturated carbocycles. The van der Waals surface area contributed by atoms with E-state index in [4.69, 9.17) is 4.74 Å². The molecule has 4 rings (SSSR count). The van der Waals surface area contributed by atoms with Crippen molar-refractivity contribution in [3.63, 3.8) is 0 Å². The molecule has 7 heteroatoms. The highest BCUT2D eigenvalue weighted by Crippen LogP contribution is 2.44. The summed E-state index contributed by atoms with van der Waals surface area (Å²) < 4.78 is 5.57. The van der Waals surface area contributed by atoms with Crippen molar-refractivity contribution >= 4 is 18.0 Å². The molecule has 3 aromatic carbocycles. The van der Waals surface area contributed by atoms with Gasteiger partial charge in [-0.15, -0.1) is 0 Å². The molecule has 174 valence electrons. The molecule has 1 aliphatic carbocycles. The maximum absolute atomic E-state index is 12.9. The summed E-state index contributed by atoms with van der Waals surface area (Å²) in [5, 5.41) is 14.4. The molecule has 1 aliphatic rings. The Hall–Kier alpha value is -4.13. The van der Waals surface area contributed by atoms with Crippen molar-refractivity contribution in [2.75, 3.05) is 6.61 Å². The number of nitrogens with one attached hydrogen (secondary N) is 2. The first-order valence-corrected chi connectivity index (χ1v) is 11.0. The van der Waals surface area contributed by atoms with E-state index >= 15 is 0 Å². The largest absolute Gasteiger partial charge is 0.480 e. The summed E-state index contributed by atoms with van der Waals surface area (Å²) >= 11 is 0. The Morgan fingerprint density at radius 1 is 0.882 bits per heavy atom. The van der Waals surface area contributed by atoms with Crippen LogP contribution in [-0.4, -0.2) is 35.2 Å². The molecule has 0 saturated heterocycles. The lowest BCUT2D eigenvalue weighted by Gasteiger charge is -2.25. The number of carbonyl (C=O) groups excluding carboxylic acids is 2. The first-order valence-electron chi connectivity index (χ1n) is 11.0. The van der Waals surface area contributed by atoms with Crippen molar-refractivity contribution in [2.45, 2.75) is 31.3 Å². The zero-order valence-electron chi connectivity index (χ0n) is 18.9. The van der Waals surface area contributed by atoms with Crippen molar-refractivity contribution < 1.29 is 24.2 Å². The number of hydrogen-bond donors (Lipinski definition) is 3. The zero-order valence-corrected chi connectivity index (χ0v) is 18.9. The lowest BCUT2D eigenvalue weighted by atomic mass is 9.98. The van der Waals surface area contributed by atoms with Crippen LogP contribution in [0.1, 0.15) is 42.5 Å². The van der Waals surface area contributed by atoms with Gasteiger partial charge < -0.3 is 20.5 Å². The van der Waals surface area contributed by atoms with Gasteiger partial charge >= 0.3 is 12.1 Å². The molecule has 0 radical (unpaired) electrons. The predicted octanol–water partition coefficient (Wildman–Crippen LogP) is 4.25. The van der Waals surface area contributed by atoms with Crippen LogP contribution in [0.25, 0.3) is 11.1 Å². The normalized spacial score (nSPS) is 13.4. The summed E-state index contributed by atoms with van der Waals surface area (Å²) in [6, 6.07) is 23.5. The minimum Gasteiger partial charge on any atom is -0.480 e. The molecule has 0 heterocycles. The van der Waals surface area contributed by atoms with Gasteiger partial charge in [0.25, 0.3) is 0 Å². The maximum Gasteiger partial charge on any atom is 0.408 e. The first-order chi connectivity index (χ1) is 16.3. The molecule has 3 aromatic rings. The molecule has 0 unspecified atom stereocenters. The zero-order chi connectivity index (χ0) is 24.3. The van der Waals surface area contributed by atoms with Crippen molar-refractivity contribution in [1.29, 1.82) is 0 Å². The smallest absolute Gasteiger partial charge is 0.408 e. The van der Waals surface area contributed by atoms with Crippen LogP contribution in [0.2, 0.25) is 0 Å². The van der Waals surface area contributed by atoms with Gasteiger partial charge in [-0.05, 0) is 41.7 Å². The maximum atomic E-state index is 12.9. The number of alkyl carbamates (subject to hydrolysis) is 1. The van der Waals surface area contributed by atoms with Gasteiger partial charge in [-0.2, -0.15) is 0 Å². The van der Waals surface area contributed by atoms with Crippen molar-refractivity contribution in [1.82, 2.24) is 10.6 Å². The second kappa shape index (κ2) is 9.39. The van der Waals surface area contributed by atoms with Crippen LogP contribution in [0.15, 0.2) is 78.9 Å². The summed E-state index contributed by atoms with van der Waals surface area (Å²) in [4.78, 5) is 37.2. The standard InChI is InChI=1S/C27H26N2O5/c1-27(2,25(31)32)29-24(30)23(17-10-4-3-5-11-17)28-26(33)34-16-22-20-14-8-6-12-18(20)19-13-7-9-15-21(19)22/h3-15,22-23H,16H2,1-2H3,(H,28,33)(H,29,30)(H,31,32)/t23-/m1/s1. The third-order valence-corrected chi connectivity index (χ3v) is 5.97. The lowest BCUT2D eigenvalue weighted by Crippen LogP contribution is -2.53. The van der Waals surface area contributed by atoms with E-state index in [1.807, 2.05) is 48.5 Å². The molecule has 7 nitrogen and oxygen atoms in total. The van der Waals surface area contributed by atoms with E-state index in [0.717, 1.165) is 22.3 Å². The van der Waals surface area contributed by atoms with Gasteiger partial charge in [-0.3, -0.25) is 4.79 Å². The summed E-state index contributed by atoms with van der Waals surface area (Å²) in [5.41, 5.74) is 3.39. The summed E-state index contributed by atoms with van der Waals surface area (Å²) in [6.45, 7) is 2.86. The van der Waals surface area contributed by atoms with Crippen molar-refractivity contribution in [3.05, 3.63) is 95.6 Å². The molecule has 2 amide bonds. The number of carbonyl (C=O) groups is 3. The van der Waals surface area contributed by atoms with E-state index in [0.29, 0.717) is 5.56 Å². The number of carboxylic acid groups (broad SMARTS) is 1. The van der Waals surface area contributed by atoms with Gasteiger partial charge in [-0.25, -0.2) is 9.59 Å². The van der Waals surface area contributed by atoms with E-state index in [9.17, 15) is 19.5 Å². The number of carboxylic acids is 1. The molecular weight excluding hydrogens is 432 g/mol. The number of rotatable bonds is 7. The van der Waals surface area contributed by atoms with E-state index < -0.39 is 29.6 Å². The van der Waals surface area contributed by atoms with Gasteiger partial charge in [0.05, 0.1) is 0 Å². The molecule has 1 atom stereocenters. The SMILES string of the molecule is CC(C)(NC(=O)[C@H](NC(=O)OCC1c2ccccc2-c2ccccc21)c1ccccc1)C(=O)O. The van der Waals surface area contributed by atoms with E-state index in [1.54, 1.807) is 30.3 Å². The molecule has 34 heavy (non-hydrogen) atoms. The summed E-state index contributed by atoms with van der Waals surface area (Å²) in [5.74, 6) is -1.95. The molecule has 3 N–H and O–H groups in total. The Morgan fingerprint density at radius 2 is 1.41 bits per heavy atom. The second-order valence-corrected chi connectivity index (χ2v) is 8.73. The number of fused-ring (bicyclic) bond motifs is 3. The number of amides is 2. The molecular formula is C27H26N2O5. The summed E-state index contributed by atoms with van der Waals surface area (Å²) in [7, 11) is 0. The minimum absolute atomic E-state index is 0.101. The Morgan fingerprint density at radius 3 is 1.97 bits per heavy atom. The van der Waals surface area contributed by atoms with E-state index in [-0.39, 0.29) is 12.5 Å². The van der Waals surface area contributed by atoms with E-state index in [2.05, 4.69) is 10.6 Å². The van der Waals surface area contributed by atoms with Gasteiger partial charge in [0.15, 0.2) is 0 Å². The highest BCUT2D eigenvalue weighted by atomic mass is 16.5. The third-order valence-electron chi connectivity index (χ3n) is 5.97. The van der Waals surface area contributed by atoms with Crippen LogP contribution in [0.5, 0.6) is 0 Å². The fourth-order valence-corrected chi connectivity index (χ4v) is 4.14. The highest BCUT2D eigenvalue weighted by molar-refractivity contribution is 5.91. The Bertz CT molecular complexity index is 1180. The number of aliphatic carboxylic acids is 1. The average Bonchev–Trinajstić information content (AvgIpc) is 3.15. The molecule has 0 aromatic heterocycles. The molecule has 0 aliphatic heterocycles. The number of ether oxygens (including phenoxy) is 1. The third kappa shape index (κ3) is 4.64. The minimum atomic E-state index is -1.51. The topological polar surface area (TPSA) is 105 Å². The van der Waals surface area contributed by atoms with Crippen LogP contribution >= 0.6 is 0 Å². The molecule has 0 spiro atoms. The Labute approximate surface area is 197 Å². The van der Waals surface area contributed by atoms with Gasteiger partial charge in [0, 0.05) is 5.92 Å². The molecule has 0 bridgehead atoms. The Balaban J connectivity index is 1.50. The van der Waals surface area contributed by atoms with E-state index in [1.165, 1.54) is 13.8 Å². The lowest BCUT2D eigenvalue weighted by molar-refractivity contribution is -0.146. The predicted molar refractivity (Wildman–Crippen MR) is 127 cm³/mol. The molecule has 0 fully saturated rings. The monoisotopic (exact) mass is 458 g/mol. The van der Waals surface area contributed by atoms with Crippen LogP contribution in [-0.2, 0) is 14.3 Å². The fraction of sp³-hybridized carbons (Fsp3) is 0.222. The quantitative estimate of drug-likeness (QED) is 0.491. The Kier molecular flexibility index (Phi) is 6.36.